The van der Waals surface area contributed by atoms with E-state index in [0.29, 0.717) is 11.5 Å². The van der Waals surface area contributed by atoms with Gasteiger partial charge in [0.05, 0.1) is 7.11 Å². The van der Waals surface area contributed by atoms with Crippen molar-refractivity contribution >= 4 is 11.9 Å². The molecule has 0 spiro atoms. The van der Waals surface area contributed by atoms with Gasteiger partial charge in [-0.25, -0.2) is 4.79 Å². The fourth-order valence-corrected chi connectivity index (χ4v) is 2.01. The zero-order chi connectivity index (χ0) is 18.2. The molecule has 0 fully saturated rings. The summed E-state index contributed by atoms with van der Waals surface area (Å²) in [7, 11) is 1.30. The maximum Gasteiger partial charge on any atom is 0.346 e. The van der Waals surface area contributed by atoms with E-state index < -0.39 is 12.1 Å². The van der Waals surface area contributed by atoms with Crippen molar-refractivity contribution in [2.75, 3.05) is 7.11 Å². The first kappa shape index (κ1) is 18.3. The molecule has 0 N–H and O–H groups in total. The van der Waals surface area contributed by atoms with Crippen molar-refractivity contribution in [2.45, 2.75) is 26.6 Å². The van der Waals surface area contributed by atoms with E-state index >= 15 is 0 Å². The third-order valence-electron chi connectivity index (χ3n) is 3.29. The fraction of sp³-hybridized carbons (Fsp3) is 0.263. The fourth-order valence-electron chi connectivity index (χ4n) is 2.01. The van der Waals surface area contributed by atoms with Crippen LogP contribution in [-0.4, -0.2) is 25.2 Å². The SMILES string of the molecule is COC(=O)C(C)Oc1ccc(OC(C)=O)cc1.c1ccc2c(c1)CO2. The van der Waals surface area contributed by atoms with Crippen molar-refractivity contribution in [2.24, 2.45) is 0 Å². The largest absolute Gasteiger partial charge is 0.488 e. The van der Waals surface area contributed by atoms with Gasteiger partial charge < -0.3 is 18.9 Å². The number of fused-ring (bicyclic) bond motifs is 1. The summed E-state index contributed by atoms with van der Waals surface area (Å²) >= 11 is 0. The van der Waals surface area contributed by atoms with E-state index in [1.54, 1.807) is 31.2 Å². The summed E-state index contributed by atoms with van der Waals surface area (Å²) in [4.78, 5) is 21.8. The predicted octanol–water partition coefficient (Wildman–Crippen LogP) is 3.13. The van der Waals surface area contributed by atoms with Crippen LogP contribution in [-0.2, 0) is 20.9 Å². The molecule has 0 bridgehead atoms. The Morgan fingerprint density at radius 1 is 1.04 bits per heavy atom. The molecule has 25 heavy (non-hydrogen) atoms. The Morgan fingerprint density at radius 2 is 1.68 bits per heavy atom. The van der Waals surface area contributed by atoms with Gasteiger partial charge in [-0.15, -0.1) is 0 Å². The van der Waals surface area contributed by atoms with Gasteiger partial charge in [0.2, 0.25) is 0 Å². The zero-order valence-electron chi connectivity index (χ0n) is 14.4. The number of carbonyl (C=O) groups excluding carboxylic acids is 2. The Morgan fingerprint density at radius 3 is 2.12 bits per heavy atom. The highest BCUT2D eigenvalue weighted by molar-refractivity contribution is 5.74. The van der Waals surface area contributed by atoms with E-state index in [9.17, 15) is 9.59 Å². The lowest BCUT2D eigenvalue weighted by atomic mass is 10.1. The van der Waals surface area contributed by atoms with Gasteiger partial charge in [0.25, 0.3) is 0 Å². The molecule has 0 saturated heterocycles. The maximum absolute atomic E-state index is 11.1. The first-order valence-electron chi connectivity index (χ1n) is 7.73. The molecule has 0 aromatic heterocycles. The summed E-state index contributed by atoms with van der Waals surface area (Å²) in [6, 6.07) is 14.5. The topological polar surface area (TPSA) is 71.1 Å². The van der Waals surface area contributed by atoms with Crippen LogP contribution in [0.15, 0.2) is 48.5 Å². The number of ether oxygens (including phenoxy) is 4. The van der Waals surface area contributed by atoms with E-state index in [-0.39, 0.29) is 5.97 Å². The van der Waals surface area contributed by atoms with Crippen LogP contribution in [0.3, 0.4) is 0 Å². The molecular formula is C19H20O6. The van der Waals surface area contributed by atoms with Crippen molar-refractivity contribution < 1.29 is 28.5 Å². The number of benzene rings is 2. The molecule has 0 saturated carbocycles. The van der Waals surface area contributed by atoms with Crippen LogP contribution in [0, 0.1) is 0 Å². The minimum atomic E-state index is -0.681. The Labute approximate surface area is 146 Å². The quantitative estimate of drug-likeness (QED) is 0.627. The monoisotopic (exact) mass is 344 g/mol. The number of carbonyl (C=O) groups is 2. The average molecular weight is 344 g/mol. The normalized spacial score (nSPS) is 12.1. The number of para-hydroxylation sites is 1. The average Bonchev–Trinajstić information content (AvgIpc) is 2.57. The lowest BCUT2D eigenvalue weighted by Gasteiger charge is -2.18. The summed E-state index contributed by atoms with van der Waals surface area (Å²) in [5, 5.41) is 0. The van der Waals surface area contributed by atoms with Gasteiger partial charge in [-0.1, -0.05) is 18.2 Å². The molecule has 2 aromatic rings. The summed E-state index contributed by atoms with van der Waals surface area (Å²) in [6.45, 7) is 3.71. The molecule has 6 heteroatoms. The second-order valence-electron chi connectivity index (χ2n) is 5.24. The van der Waals surface area contributed by atoms with Crippen LogP contribution >= 0.6 is 0 Å². The molecule has 0 amide bonds. The molecule has 1 heterocycles. The Kier molecular flexibility index (Phi) is 6.39. The van der Waals surface area contributed by atoms with E-state index in [2.05, 4.69) is 10.8 Å². The lowest BCUT2D eigenvalue weighted by molar-refractivity contribution is -0.147. The highest BCUT2D eigenvalue weighted by atomic mass is 16.6. The third-order valence-corrected chi connectivity index (χ3v) is 3.29. The highest BCUT2D eigenvalue weighted by Gasteiger charge is 2.14. The summed E-state index contributed by atoms with van der Waals surface area (Å²) in [6.07, 6.45) is -0.681. The summed E-state index contributed by atoms with van der Waals surface area (Å²) in [5.41, 5.74) is 1.33. The van der Waals surface area contributed by atoms with E-state index in [1.807, 2.05) is 18.2 Å². The molecule has 0 aliphatic carbocycles. The summed E-state index contributed by atoms with van der Waals surface area (Å²) in [5.74, 6) is 1.14. The van der Waals surface area contributed by atoms with Crippen LogP contribution in [0.4, 0.5) is 0 Å². The van der Waals surface area contributed by atoms with Gasteiger partial charge >= 0.3 is 11.9 Å². The second-order valence-corrected chi connectivity index (χ2v) is 5.24. The Hall–Kier alpha value is -3.02. The predicted molar refractivity (Wildman–Crippen MR) is 90.6 cm³/mol. The zero-order valence-corrected chi connectivity index (χ0v) is 14.4. The van der Waals surface area contributed by atoms with Crippen molar-refractivity contribution in [3.05, 3.63) is 54.1 Å². The van der Waals surface area contributed by atoms with E-state index in [1.165, 1.54) is 19.6 Å². The Bertz CT molecular complexity index is 700. The number of methoxy groups -OCH3 is 1. The molecule has 0 radical (unpaired) electrons. The maximum atomic E-state index is 11.1. The van der Waals surface area contributed by atoms with Crippen molar-refractivity contribution in [3.63, 3.8) is 0 Å². The minimum Gasteiger partial charge on any atom is -0.488 e. The van der Waals surface area contributed by atoms with Gasteiger partial charge in [-0.3, -0.25) is 4.79 Å². The summed E-state index contributed by atoms with van der Waals surface area (Å²) < 4.78 is 19.8. The number of hydrogen-bond acceptors (Lipinski definition) is 6. The van der Waals surface area contributed by atoms with Crippen molar-refractivity contribution in [1.82, 2.24) is 0 Å². The molecule has 2 aromatic carbocycles. The van der Waals surface area contributed by atoms with Crippen molar-refractivity contribution in [3.8, 4) is 17.2 Å². The molecular weight excluding hydrogens is 324 g/mol. The smallest absolute Gasteiger partial charge is 0.346 e. The molecule has 132 valence electrons. The lowest BCUT2D eigenvalue weighted by Crippen LogP contribution is -2.24. The van der Waals surface area contributed by atoms with Gasteiger partial charge in [0, 0.05) is 12.5 Å². The van der Waals surface area contributed by atoms with Gasteiger partial charge in [-0.05, 0) is 37.3 Å². The van der Waals surface area contributed by atoms with E-state index in [4.69, 9.17) is 14.2 Å². The molecule has 6 nitrogen and oxygen atoms in total. The second kappa shape index (κ2) is 8.73. The van der Waals surface area contributed by atoms with Gasteiger partial charge in [-0.2, -0.15) is 0 Å². The first-order chi connectivity index (χ1) is 12.0. The number of hydrogen-bond donors (Lipinski definition) is 0. The van der Waals surface area contributed by atoms with Crippen LogP contribution < -0.4 is 14.2 Å². The van der Waals surface area contributed by atoms with Crippen molar-refractivity contribution in [1.29, 1.82) is 0 Å². The number of rotatable bonds is 4. The van der Waals surface area contributed by atoms with Gasteiger partial charge in [0.15, 0.2) is 6.10 Å². The van der Waals surface area contributed by atoms with E-state index in [0.717, 1.165) is 12.4 Å². The first-order valence-corrected chi connectivity index (χ1v) is 7.73. The van der Waals surface area contributed by atoms with Crippen LogP contribution in [0.2, 0.25) is 0 Å². The third kappa shape index (κ3) is 5.53. The molecule has 1 atom stereocenters. The molecule has 1 unspecified atom stereocenters. The Balaban J connectivity index is 0.000000230. The van der Waals surface area contributed by atoms with Crippen LogP contribution in [0.1, 0.15) is 19.4 Å². The van der Waals surface area contributed by atoms with Gasteiger partial charge in [0.1, 0.15) is 23.9 Å². The molecule has 3 rings (SSSR count). The highest BCUT2D eigenvalue weighted by Crippen LogP contribution is 2.27. The molecule has 1 aliphatic heterocycles. The molecule has 1 aliphatic rings. The standard InChI is InChI=1S/C12H14O5.C7H6O/c1-8(12(14)15-3)16-10-4-6-11(7-5-10)17-9(2)13;1-2-4-7-6(3-1)5-8-7/h4-8H,1-3H3;1-4H,5H2. The van der Waals surface area contributed by atoms with Crippen LogP contribution in [0.25, 0.3) is 0 Å². The van der Waals surface area contributed by atoms with Crippen LogP contribution in [0.5, 0.6) is 17.2 Å². The minimum absolute atomic E-state index is 0.387. The number of esters is 2.